The van der Waals surface area contributed by atoms with E-state index >= 15 is 0 Å². The smallest absolute Gasteiger partial charge is 0.337 e. The number of anilines is 2. The van der Waals surface area contributed by atoms with Crippen molar-refractivity contribution in [2.24, 2.45) is 0 Å². The number of sulfonamides is 1. The van der Waals surface area contributed by atoms with Crippen molar-refractivity contribution in [3.8, 4) is 0 Å². The Balaban J connectivity index is 1.88. The fourth-order valence-corrected chi connectivity index (χ4v) is 5.75. The van der Waals surface area contributed by atoms with E-state index in [2.05, 4.69) is 20.7 Å². The molecule has 0 aliphatic rings. The molecule has 0 atom stereocenters. The Hall–Kier alpha value is -2.36. The number of aromatic carboxylic acids is 1. The van der Waals surface area contributed by atoms with Crippen molar-refractivity contribution < 1.29 is 18.3 Å². The van der Waals surface area contributed by atoms with Crippen molar-refractivity contribution >= 4 is 54.6 Å². The topological polar surface area (TPSA) is 86.7 Å². The highest BCUT2D eigenvalue weighted by atomic mass is 79.9. The first-order chi connectivity index (χ1) is 13.3. The van der Waals surface area contributed by atoms with Crippen LogP contribution in [-0.2, 0) is 16.6 Å². The molecule has 3 aromatic rings. The fraction of sp³-hybridized carbons (Fsp3) is 0.105. The molecule has 3 rings (SSSR count). The molecule has 0 fully saturated rings. The van der Waals surface area contributed by atoms with Crippen LogP contribution in [0.15, 0.2) is 68.7 Å². The molecule has 1 heterocycles. The second-order valence-electron chi connectivity index (χ2n) is 6.04. The van der Waals surface area contributed by atoms with Crippen molar-refractivity contribution in [3.05, 3.63) is 75.6 Å². The molecule has 0 amide bonds. The molecule has 0 saturated carbocycles. The van der Waals surface area contributed by atoms with Crippen LogP contribution in [0, 0.1) is 0 Å². The number of carbonyl (C=O) groups is 1. The number of nitrogens with zero attached hydrogens (tertiary/aromatic N) is 1. The highest BCUT2D eigenvalue weighted by Gasteiger charge is 2.20. The molecule has 146 valence electrons. The van der Waals surface area contributed by atoms with Crippen molar-refractivity contribution in [1.29, 1.82) is 0 Å². The molecule has 0 unspecified atom stereocenters. The van der Waals surface area contributed by atoms with Crippen LogP contribution < -0.4 is 9.62 Å². The summed E-state index contributed by atoms with van der Waals surface area (Å²) in [7, 11) is -1.99. The standard InChI is InChI=1S/C19H17BrN2O4S2/c1-22(12-13-5-3-2-4-6-13)16-8-7-14(11-15(16)19(23)24)21-28(25,26)18-10-9-17(20)27-18/h2-11,21H,12H2,1H3,(H,23,24). The van der Waals surface area contributed by atoms with Gasteiger partial charge in [-0.05, 0) is 51.8 Å². The van der Waals surface area contributed by atoms with E-state index in [9.17, 15) is 18.3 Å². The zero-order valence-electron chi connectivity index (χ0n) is 14.8. The molecule has 0 radical (unpaired) electrons. The highest BCUT2D eigenvalue weighted by molar-refractivity contribution is 9.11. The van der Waals surface area contributed by atoms with Gasteiger partial charge in [-0.2, -0.15) is 0 Å². The number of carboxylic acids is 1. The van der Waals surface area contributed by atoms with Gasteiger partial charge in [-0.3, -0.25) is 4.72 Å². The Kier molecular flexibility index (Phi) is 6.07. The molecule has 6 nitrogen and oxygen atoms in total. The quantitative estimate of drug-likeness (QED) is 0.513. The van der Waals surface area contributed by atoms with Crippen molar-refractivity contribution in [1.82, 2.24) is 0 Å². The summed E-state index contributed by atoms with van der Waals surface area (Å²) in [6.07, 6.45) is 0. The fourth-order valence-electron chi connectivity index (χ4n) is 2.69. The number of hydrogen-bond acceptors (Lipinski definition) is 5. The van der Waals surface area contributed by atoms with Crippen LogP contribution >= 0.6 is 27.3 Å². The normalized spacial score (nSPS) is 11.2. The summed E-state index contributed by atoms with van der Waals surface area (Å²) in [6, 6.07) is 17.3. The summed E-state index contributed by atoms with van der Waals surface area (Å²) in [6.45, 7) is 0.523. The van der Waals surface area contributed by atoms with E-state index in [1.165, 1.54) is 12.1 Å². The molecule has 2 aromatic carbocycles. The van der Waals surface area contributed by atoms with Gasteiger partial charge in [0.25, 0.3) is 10.0 Å². The summed E-state index contributed by atoms with van der Waals surface area (Å²) < 4.78 is 28.2. The number of nitrogens with one attached hydrogen (secondary N) is 1. The minimum absolute atomic E-state index is 0.0194. The van der Waals surface area contributed by atoms with E-state index < -0.39 is 16.0 Å². The number of thiophene rings is 1. The van der Waals surface area contributed by atoms with E-state index in [-0.39, 0.29) is 15.5 Å². The predicted octanol–water partition coefficient (Wildman–Crippen LogP) is 4.65. The lowest BCUT2D eigenvalue weighted by atomic mass is 10.1. The lowest BCUT2D eigenvalue weighted by Gasteiger charge is -2.22. The lowest BCUT2D eigenvalue weighted by molar-refractivity contribution is 0.0697. The van der Waals surface area contributed by atoms with Gasteiger partial charge in [0, 0.05) is 19.3 Å². The maximum absolute atomic E-state index is 12.5. The third-order valence-corrected chi connectivity index (χ3v) is 7.46. The van der Waals surface area contributed by atoms with Crippen LogP contribution in [0.5, 0.6) is 0 Å². The van der Waals surface area contributed by atoms with Crippen LogP contribution in [0.1, 0.15) is 15.9 Å². The second kappa shape index (κ2) is 8.34. The van der Waals surface area contributed by atoms with Gasteiger partial charge in [0.15, 0.2) is 0 Å². The molecular weight excluding hydrogens is 464 g/mol. The SMILES string of the molecule is CN(Cc1ccccc1)c1ccc(NS(=O)(=O)c2ccc(Br)s2)cc1C(=O)O. The van der Waals surface area contributed by atoms with Crippen LogP contribution in [0.3, 0.4) is 0 Å². The van der Waals surface area contributed by atoms with E-state index in [0.717, 1.165) is 16.9 Å². The van der Waals surface area contributed by atoms with Gasteiger partial charge in [0.05, 0.1) is 15.0 Å². The van der Waals surface area contributed by atoms with Crippen LogP contribution in [-0.4, -0.2) is 26.5 Å². The maximum atomic E-state index is 12.5. The van der Waals surface area contributed by atoms with Gasteiger partial charge in [0.1, 0.15) is 4.21 Å². The van der Waals surface area contributed by atoms with Gasteiger partial charge < -0.3 is 10.0 Å². The monoisotopic (exact) mass is 480 g/mol. The van der Waals surface area contributed by atoms with Crippen LogP contribution in [0.25, 0.3) is 0 Å². The minimum atomic E-state index is -3.78. The van der Waals surface area contributed by atoms with Crippen LogP contribution in [0.4, 0.5) is 11.4 Å². The van der Waals surface area contributed by atoms with E-state index in [1.807, 2.05) is 35.2 Å². The molecule has 1 aromatic heterocycles. The Morgan fingerprint density at radius 3 is 2.46 bits per heavy atom. The molecular formula is C19H17BrN2O4S2. The minimum Gasteiger partial charge on any atom is -0.478 e. The first-order valence-electron chi connectivity index (χ1n) is 8.17. The maximum Gasteiger partial charge on any atom is 0.337 e. The first kappa shape index (κ1) is 20.4. The Morgan fingerprint density at radius 2 is 1.86 bits per heavy atom. The van der Waals surface area contributed by atoms with Gasteiger partial charge in [0.2, 0.25) is 0 Å². The Bertz CT molecular complexity index is 1100. The summed E-state index contributed by atoms with van der Waals surface area (Å²) >= 11 is 4.31. The molecule has 0 aliphatic heterocycles. The van der Waals surface area contributed by atoms with Gasteiger partial charge in [-0.15, -0.1) is 11.3 Å². The van der Waals surface area contributed by atoms with Gasteiger partial charge >= 0.3 is 5.97 Å². The Labute approximate surface area is 175 Å². The van der Waals surface area contributed by atoms with E-state index in [1.54, 1.807) is 25.2 Å². The van der Waals surface area contributed by atoms with Crippen molar-refractivity contribution in [2.75, 3.05) is 16.7 Å². The summed E-state index contributed by atoms with van der Waals surface area (Å²) in [5.74, 6) is -1.13. The number of hydrogen-bond donors (Lipinski definition) is 2. The molecule has 28 heavy (non-hydrogen) atoms. The molecule has 2 N–H and O–H groups in total. The summed E-state index contributed by atoms with van der Waals surface area (Å²) in [5.41, 5.74) is 1.75. The highest BCUT2D eigenvalue weighted by Crippen LogP contribution is 2.30. The first-order valence-corrected chi connectivity index (χ1v) is 11.3. The molecule has 0 bridgehead atoms. The molecule has 0 spiro atoms. The van der Waals surface area contributed by atoms with Crippen LogP contribution in [0.2, 0.25) is 0 Å². The lowest BCUT2D eigenvalue weighted by Crippen LogP contribution is -2.20. The van der Waals surface area contributed by atoms with Gasteiger partial charge in [-0.1, -0.05) is 30.3 Å². The average Bonchev–Trinajstić information content (AvgIpc) is 3.09. The zero-order valence-corrected chi connectivity index (χ0v) is 18.0. The molecule has 9 heteroatoms. The largest absolute Gasteiger partial charge is 0.478 e. The zero-order chi connectivity index (χ0) is 20.3. The number of halogens is 1. The van der Waals surface area contributed by atoms with Gasteiger partial charge in [-0.25, -0.2) is 13.2 Å². The summed E-state index contributed by atoms with van der Waals surface area (Å²) in [5, 5.41) is 9.62. The summed E-state index contributed by atoms with van der Waals surface area (Å²) in [4.78, 5) is 13.6. The van der Waals surface area contributed by atoms with E-state index in [4.69, 9.17) is 0 Å². The molecule has 0 aliphatic carbocycles. The third-order valence-electron chi connectivity index (χ3n) is 3.97. The second-order valence-corrected chi connectivity index (χ2v) is 10.4. The number of rotatable bonds is 7. The Morgan fingerprint density at radius 1 is 1.14 bits per heavy atom. The van der Waals surface area contributed by atoms with Crippen molar-refractivity contribution in [2.45, 2.75) is 10.8 Å². The average molecular weight is 481 g/mol. The third kappa shape index (κ3) is 4.73. The van der Waals surface area contributed by atoms with Crippen molar-refractivity contribution in [3.63, 3.8) is 0 Å². The number of carboxylic acid groups (broad SMARTS) is 1. The van der Waals surface area contributed by atoms with E-state index in [0.29, 0.717) is 16.0 Å². The predicted molar refractivity (Wildman–Crippen MR) is 115 cm³/mol. The number of benzene rings is 2. The molecule has 0 saturated heterocycles.